The lowest BCUT2D eigenvalue weighted by molar-refractivity contribution is -0.177. The average Bonchev–Trinajstić information content (AvgIpc) is 2.77. The van der Waals surface area contributed by atoms with Gasteiger partial charge in [-0.3, -0.25) is 0 Å². The fourth-order valence-corrected chi connectivity index (χ4v) is 3.30. The fraction of sp³-hybridized carbons (Fsp3) is 0.750. The van der Waals surface area contributed by atoms with Gasteiger partial charge < -0.3 is 19.9 Å². The number of nitrogens with one attached hydrogen (secondary N) is 2. The van der Waals surface area contributed by atoms with Crippen LogP contribution < -0.4 is 10.6 Å². The third-order valence-electron chi connectivity index (χ3n) is 5.45. The van der Waals surface area contributed by atoms with Gasteiger partial charge in [0.2, 0.25) is 0 Å². The molecule has 0 spiro atoms. The zero-order chi connectivity index (χ0) is 16.7. The van der Waals surface area contributed by atoms with Gasteiger partial charge >= 0.3 is 6.03 Å². The molecule has 1 aromatic rings. The van der Waals surface area contributed by atoms with Gasteiger partial charge in [-0.25, -0.2) is 4.79 Å². The molecule has 0 aromatic carbocycles. The highest BCUT2D eigenvalue weighted by molar-refractivity contribution is 5.75. The van der Waals surface area contributed by atoms with E-state index in [4.69, 9.17) is 9.26 Å². The predicted molar refractivity (Wildman–Crippen MR) is 83.7 cm³/mol. The first-order chi connectivity index (χ1) is 10.1. The fourth-order valence-electron chi connectivity index (χ4n) is 3.30. The van der Waals surface area contributed by atoms with Gasteiger partial charge in [0.05, 0.1) is 17.3 Å². The summed E-state index contributed by atoms with van der Waals surface area (Å²) in [6.45, 7) is 12.0. The van der Waals surface area contributed by atoms with Crippen LogP contribution in [0.25, 0.3) is 0 Å². The van der Waals surface area contributed by atoms with E-state index in [9.17, 15) is 4.79 Å². The Bertz CT molecular complexity index is 547. The summed E-state index contributed by atoms with van der Waals surface area (Å²) in [5.41, 5.74) is 1.44. The van der Waals surface area contributed by atoms with E-state index in [1.807, 2.05) is 20.8 Å². The number of aromatic nitrogens is 1. The van der Waals surface area contributed by atoms with E-state index in [2.05, 4.69) is 36.6 Å². The Hall–Kier alpha value is -1.56. The first-order valence-electron chi connectivity index (χ1n) is 7.67. The summed E-state index contributed by atoms with van der Waals surface area (Å²) < 4.78 is 10.7. The number of hydrogen-bond acceptors (Lipinski definition) is 4. The Labute approximate surface area is 132 Å². The molecule has 6 heteroatoms. The molecule has 0 radical (unpaired) electrons. The minimum atomic E-state index is -0.196. The van der Waals surface area contributed by atoms with Gasteiger partial charge in [-0.2, -0.15) is 0 Å². The van der Waals surface area contributed by atoms with Crippen molar-refractivity contribution in [2.75, 3.05) is 7.11 Å². The van der Waals surface area contributed by atoms with Crippen molar-refractivity contribution >= 4 is 6.03 Å². The third-order valence-corrected chi connectivity index (χ3v) is 5.45. The molecule has 124 valence electrons. The van der Waals surface area contributed by atoms with Gasteiger partial charge in [-0.15, -0.1) is 0 Å². The van der Waals surface area contributed by atoms with Crippen molar-refractivity contribution in [1.82, 2.24) is 15.8 Å². The summed E-state index contributed by atoms with van der Waals surface area (Å²) in [7, 11) is 1.72. The second-order valence-corrected chi connectivity index (χ2v) is 6.99. The summed E-state index contributed by atoms with van der Waals surface area (Å²) in [6, 6.07) is -0.235. The molecule has 0 bridgehead atoms. The highest BCUT2D eigenvalue weighted by Gasteiger charge is 2.58. The number of hydrogen-bond donors (Lipinski definition) is 2. The van der Waals surface area contributed by atoms with Crippen molar-refractivity contribution in [3.8, 4) is 0 Å². The minimum Gasteiger partial charge on any atom is -0.378 e. The number of ether oxygens (including phenoxy) is 1. The Morgan fingerprint density at radius 3 is 2.50 bits per heavy atom. The monoisotopic (exact) mass is 309 g/mol. The van der Waals surface area contributed by atoms with Crippen molar-refractivity contribution in [2.45, 2.75) is 65.6 Å². The SMILES string of the molecule is CO[C@]1(C)C[C@@H](NC(=O)N[C@H](C)c2c(C)noc2C)C1(C)C. The van der Waals surface area contributed by atoms with Crippen LogP contribution in [0.4, 0.5) is 4.79 Å². The molecule has 1 fully saturated rings. The number of aryl methyl sites for hydroxylation is 2. The topological polar surface area (TPSA) is 76.4 Å². The molecule has 0 unspecified atom stereocenters. The van der Waals surface area contributed by atoms with E-state index in [1.54, 1.807) is 7.11 Å². The van der Waals surface area contributed by atoms with Gasteiger partial charge in [0.15, 0.2) is 0 Å². The maximum Gasteiger partial charge on any atom is 0.315 e. The quantitative estimate of drug-likeness (QED) is 0.896. The van der Waals surface area contributed by atoms with Crippen LogP contribution in [0.3, 0.4) is 0 Å². The van der Waals surface area contributed by atoms with Crippen LogP contribution in [0.2, 0.25) is 0 Å². The van der Waals surface area contributed by atoms with E-state index >= 15 is 0 Å². The average molecular weight is 309 g/mol. The first kappa shape index (κ1) is 16.8. The first-order valence-corrected chi connectivity index (χ1v) is 7.67. The molecule has 1 aromatic heterocycles. The van der Waals surface area contributed by atoms with Crippen LogP contribution in [0.15, 0.2) is 4.52 Å². The number of urea groups is 1. The van der Waals surface area contributed by atoms with E-state index in [-0.39, 0.29) is 29.1 Å². The molecule has 1 saturated carbocycles. The third kappa shape index (κ3) is 2.60. The lowest BCUT2D eigenvalue weighted by atomic mass is 9.56. The number of carbonyl (C=O) groups excluding carboxylic acids is 1. The summed E-state index contributed by atoms with van der Waals surface area (Å²) in [4.78, 5) is 12.2. The minimum absolute atomic E-state index is 0.0920. The second kappa shape index (κ2) is 5.57. The van der Waals surface area contributed by atoms with E-state index in [1.165, 1.54) is 0 Å². The van der Waals surface area contributed by atoms with E-state index in [0.29, 0.717) is 0 Å². The van der Waals surface area contributed by atoms with E-state index < -0.39 is 0 Å². The van der Waals surface area contributed by atoms with Gasteiger partial charge in [0.1, 0.15) is 5.76 Å². The molecule has 0 aliphatic heterocycles. The van der Waals surface area contributed by atoms with Crippen LogP contribution in [0, 0.1) is 19.3 Å². The van der Waals surface area contributed by atoms with E-state index in [0.717, 1.165) is 23.4 Å². The zero-order valence-corrected chi connectivity index (χ0v) is 14.5. The lowest BCUT2D eigenvalue weighted by Gasteiger charge is -2.59. The molecule has 1 aliphatic rings. The number of carbonyl (C=O) groups is 1. The molecule has 0 saturated heterocycles. The zero-order valence-electron chi connectivity index (χ0n) is 14.5. The van der Waals surface area contributed by atoms with Crippen molar-refractivity contribution in [1.29, 1.82) is 0 Å². The predicted octanol–water partition coefficient (Wildman–Crippen LogP) is 2.86. The smallest absolute Gasteiger partial charge is 0.315 e. The highest BCUT2D eigenvalue weighted by Crippen LogP contribution is 2.51. The number of amides is 2. The molecule has 2 rings (SSSR count). The number of nitrogens with zero attached hydrogens (tertiary/aromatic N) is 1. The largest absolute Gasteiger partial charge is 0.378 e. The molecule has 2 N–H and O–H groups in total. The van der Waals surface area contributed by atoms with Crippen molar-refractivity contribution in [2.24, 2.45) is 5.41 Å². The Kier molecular flexibility index (Phi) is 4.26. The summed E-state index contributed by atoms with van der Waals surface area (Å²) in [6.07, 6.45) is 0.809. The van der Waals surface area contributed by atoms with Crippen LogP contribution in [0.1, 0.15) is 57.2 Å². The molecule has 2 amide bonds. The van der Waals surface area contributed by atoms with Gasteiger partial charge in [0.25, 0.3) is 0 Å². The molecule has 6 nitrogen and oxygen atoms in total. The molecule has 1 heterocycles. The highest BCUT2D eigenvalue weighted by atomic mass is 16.5. The molecule has 3 atom stereocenters. The van der Waals surface area contributed by atoms with Crippen molar-refractivity contribution in [3.05, 3.63) is 17.0 Å². The number of methoxy groups -OCH3 is 1. The van der Waals surface area contributed by atoms with Crippen molar-refractivity contribution < 1.29 is 14.1 Å². The Morgan fingerprint density at radius 2 is 2.05 bits per heavy atom. The van der Waals surface area contributed by atoms with Crippen LogP contribution in [-0.2, 0) is 4.74 Å². The van der Waals surface area contributed by atoms with Crippen molar-refractivity contribution in [3.63, 3.8) is 0 Å². The van der Waals surface area contributed by atoms with Crippen LogP contribution >= 0.6 is 0 Å². The standard InChI is InChI=1S/C16H27N3O3/c1-9(13-10(2)19-22-11(13)3)17-14(20)18-12-8-16(6,21-7)15(12,4)5/h9,12H,8H2,1-7H3,(H2,17,18,20)/t9-,12-,16-/m1/s1. The summed E-state index contributed by atoms with van der Waals surface area (Å²) in [5, 5.41) is 9.92. The summed E-state index contributed by atoms with van der Waals surface area (Å²) >= 11 is 0. The Balaban J connectivity index is 1.95. The molecule has 22 heavy (non-hydrogen) atoms. The molecular formula is C16H27N3O3. The van der Waals surface area contributed by atoms with Gasteiger partial charge in [0, 0.05) is 24.1 Å². The maximum atomic E-state index is 12.2. The molecule has 1 aliphatic carbocycles. The van der Waals surface area contributed by atoms with Crippen LogP contribution in [0.5, 0.6) is 0 Å². The maximum absolute atomic E-state index is 12.2. The second-order valence-electron chi connectivity index (χ2n) is 6.99. The Morgan fingerprint density at radius 1 is 1.41 bits per heavy atom. The van der Waals surface area contributed by atoms with Crippen LogP contribution in [-0.4, -0.2) is 29.9 Å². The summed E-state index contributed by atoms with van der Waals surface area (Å²) in [5.74, 6) is 0.737. The normalized spacial score (nSPS) is 27.9. The van der Waals surface area contributed by atoms with Gasteiger partial charge in [-0.1, -0.05) is 19.0 Å². The molecular weight excluding hydrogens is 282 g/mol. The number of rotatable bonds is 4. The van der Waals surface area contributed by atoms with Gasteiger partial charge in [-0.05, 0) is 34.1 Å². The lowest BCUT2D eigenvalue weighted by Crippen LogP contribution is -2.69.